The molecule has 4 atom stereocenters. The van der Waals surface area contributed by atoms with E-state index in [1.165, 1.54) is 6.08 Å². The Bertz CT molecular complexity index is 662. The Kier molecular flexibility index (Phi) is 8.19. The van der Waals surface area contributed by atoms with Crippen molar-refractivity contribution in [2.75, 3.05) is 26.3 Å². The summed E-state index contributed by atoms with van der Waals surface area (Å²) >= 11 is 0. The lowest BCUT2D eigenvalue weighted by molar-refractivity contribution is -0.159. The second-order valence-corrected chi connectivity index (χ2v) is 6.03. The van der Waals surface area contributed by atoms with Crippen molar-refractivity contribution in [1.29, 1.82) is 0 Å². The van der Waals surface area contributed by atoms with E-state index in [1.807, 2.05) is 36.4 Å². The first-order valence-electron chi connectivity index (χ1n) is 8.87. The lowest BCUT2D eigenvalue weighted by Crippen LogP contribution is -2.37. The molecule has 7 nitrogen and oxygen atoms in total. The Morgan fingerprint density at radius 1 is 1.00 bits per heavy atom. The van der Waals surface area contributed by atoms with Crippen molar-refractivity contribution in [3.63, 3.8) is 0 Å². The van der Waals surface area contributed by atoms with E-state index in [0.29, 0.717) is 0 Å². The third kappa shape index (κ3) is 5.50. The van der Waals surface area contributed by atoms with Crippen molar-refractivity contribution in [3.05, 3.63) is 54.6 Å². The molecule has 0 spiro atoms. The highest BCUT2D eigenvalue weighted by atomic mass is 16.6. The Morgan fingerprint density at radius 3 is 2.07 bits per heavy atom. The molecule has 0 amide bonds. The first-order valence-corrected chi connectivity index (χ1v) is 8.87. The van der Waals surface area contributed by atoms with Crippen molar-refractivity contribution in [2.45, 2.75) is 12.2 Å². The van der Waals surface area contributed by atoms with Crippen LogP contribution in [0.25, 0.3) is 6.08 Å². The second-order valence-electron chi connectivity index (χ2n) is 6.03. The molecule has 1 aromatic carbocycles. The summed E-state index contributed by atoms with van der Waals surface area (Å²) < 4.78 is 16.2. The van der Waals surface area contributed by atoms with Gasteiger partial charge in [-0.1, -0.05) is 48.6 Å². The number of carbonyl (C=O) groups is 2. The maximum atomic E-state index is 12.6. The molecule has 0 bridgehead atoms. The largest absolute Gasteiger partial charge is 0.464 e. The zero-order valence-electron chi connectivity index (χ0n) is 15.2. The van der Waals surface area contributed by atoms with E-state index in [2.05, 4.69) is 6.58 Å². The summed E-state index contributed by atoms with van der Waals surface area (Å²) in [6.45, 7) is 4.22. The first kappa shape index (κ1) is 20.8. The predicted octanol–water partition coefficient (Wildman–Crippen LogP) is 0.889. The zero-order chi connectivity index (χ0) is 19.6. The van der Waals surface area contributed by atoms with Gasteiger partial charge in [0.25, 0.3) is 0 Å². The fraction of sp³-hybridized carbons (Fsp3) is 0.400. The van der Waals surface area contributed by atoms with Crippen molar-refractivity contribution in [3.8, 4) is 0 Å². The van der Waals surface area contributed by atoms with Gasteiger partial charge >= 0.3 is 11.9 Å². The molecule has 7 heteroatoms. The SMILES string of the molecule is C=C[C@@H]1O[C@H](C=Cc2ccccc2)[C@@H](C(=O)OCCN)[C@H]1C(=O)OCCN. The van der Waals surface area contributed by atoms with E-state index in [1.54, 1.807) is 6.08 Å². The molecule has 1 heterocycles. The molecule has 2 rings (SSSR count). The summed E-state index contributed by atoms with van der Waals surface area (Å²) in [7, 11) is 0. The monoisotopic (exact) mass is 374 g/mol. The van der Waals surface area contributed by atoms with E-state index in [-0.39, 0.29) is 26.3 Å². The summed E-state index contributed by atoms with van der Waals surface area (Å²) in [5.74, 6) is -2.83. The van der Waals surface area contributed by atoms with Gasteiger partial charge in [0.15, 0.2) is 0 Å². The third-order valence-electron chi connectivity index (χ3n) is 4.19. The van der Waals surface area contributed by atoms with Crippen molar-refractivity contribution >= 4 is 18.0 Å². The van der Waals surface area contributed by atoms with Gasteiger partial charge in [-0.15, -0.1) is 6.58 Å². The van der Waals surface area contributed by atoms with E-state index < -0.39 is 36.0 Å². The van der Waals surface area contributed by atoms with Crippen LogP contribution in [0.5, 0.6) is 0 Å². The van der Waals surface area contributed by atoms with Crippen LogP contribution >= 0.6 is 0 Å². The minimum absolute atomic E-state index is 0.0633. The van der Waals surface area contributed by atoms with Gasteiger partial charge in [0.05, 0.1) is 12.2 Å². The molecule has 27 heavy (non-hydrogen) atoms. The maximum absolute atomic E-state index is 12.6. The van der Waals surface area contributed by atoms with E-state index in [0.717, 1.165) is 5.56 Å². The number of hydrogen-bond donors (Lipinski definition) is 2. The first-order chi connectivity index (χ1) is 13.1. The van der Waals surface area contributed by atoms with Gasteiger partial charge in [0, 0.05) is 13.1 Å². The van der Waals surface area contributed by atoms with Gasteiger partial charge in [-0.2, -0.15) is 0 Å². The number of rotatable bonds is 9. The van der Waals surface area contributed by atoms with Crippen LogP contribution in [0.3, 0.4) is 0 Å². The number of ether oxygens (including phenoxy) is 3. The highest BCUT2D eigenvalue weighted by Crippen LogP contribution is 2.36. The summed E-state index contributed by atoms with van der Waals surface area (Å²) in [5.41, 5.74) is 11.8. The van der Waals surface area contributed by atoms with Crippen molar-refractivity contribution in [2.24, 2.45) is 23.3 Å². The van der Waals surface area contributed by atoms with Gasteiger partial charge < -0.3 is 25.7 Å². The van der Waals surface area contributed by atoms with Crippen LogP contribution in [-0.4, -0.2) is 50.4 Å². The number of esters is 2. The van der Waals surface area contributed by atoms with Gasteiger partial charge in [-0.25, -0.2) is 0 Å². The molecule has 0 aromatic heterocycles. The highest BCUT2D eigenvalue weighted by molar-refractivity contribution is 5.84. The standard InChI is InChI=1S/C20H26N2O5/c1-2-15-17(19(23)25-12-10-21)18(20(24)26-13-11-22)16(27-15)9-8-14-6-4-3-5-7-14/h2-9,15-18H,1,10-13,21-22H2/t15-,16+,17-,18+/m0/s1. The number of carbonyl (C=O) groups excluding carboxylic acids is 2. The van der Waals surface area contributed by atoms with Crippen LogP contribution < -0.4 is 11.5 Å². The van der Waals surface area contributed by atoms with E-state index in [9.17, 15) is 9.59 Å². The molecule has 1 aliphatic rings. The number of hydrogen-bond acceptors (Lipinski definition) is 7. The summed E-state index contributed by atoms with van der Waals surface area (Å²) in [4.78, 5) is 25.1. The minimum atomic E-state index is -0.857. The molecular formula is C20H26N2O5. The Hall–Kier alpha value is -2.48. The minimum Gasteiger partial charge on any atom is -0.464 e. The summed E-state index contributed by atoms with van der Waals surface area (Å²) in [5, 5.41) is 0. The quantitative estimate of drug-likeness (QED) is 0.487. The topological polar surface area (TPSA) is 114 Å². The Labute approximate surface area is 158 Å². The molecular weight excluding hydrogens is 348 g/mol. The second kappa shape index (κ2) is 10.6. The van der Waals surface area contributed by atoms with Gasteiger partial charge in [0.2, 0.25) is 0 Å². The molecule has 1 aliphatic heterocycles. The van der Waals surface area contributed by atoms with Crippen LogP contribution in [0.1, 0.15) is 5.56 Å². The molecule has 0 unspecified atom stereocenters. The van der Waals surface area contributed by atoms with Gasteiger partial charge in [0.1, 0.15) is 25.0 Å². The van der Waals surface area contributed by atoms with Gasteiger partial charge in [-0.05, 0) is 5.56 Å². The molecule has 1 saturated heterocycles. The molecule has 4 N–H and O–H groups in total. The van der Waals surface area contributed by atoms with Crippen LogP contribution in [0.4, 0.5) is 0 Å². The zero-order valence-corrected chi connectivity index (χ0v) is 15.2. The fourth-order valence-electron chi connectivity index (χ4n) is 2.97. The van der Waals surface area contributed by atoms with Gasteiger partial charge in [-0.3, -0.25) is 9.59 Å². The smallest absolute Gasteiger partial charge is 0.312 e. The van der Waals surface area contributed by atoms with Crippen LogP contribution in [0, 0.1) is 11.8 Å². The predicted molar refractivity (Wildman–Crippen MR) is 101 cm³/mol. The van der Waals surface area contributed by atoms with Crippen molar-refractivity contribution < 1.29 is 23.8 Å². The molecule has 146 valence electrons. The molecule has 0 aliphatic carbocycles. The van der Waals surface area contributed by atoms with E-state index >= 15 is 0 Å². The Balaban J connectivity index is 2.27. The lowest BCUT2D eigenvalue weighted by atomic mass is 9.86. The Morgan fingerprint density at radius 2 is 1.56 bits per heavy atom. The maximum Gasteiger partial charge on any atom is 0.312 e. The highest BCUT2D eigenvalue weighted by Gasteiger charge is 2.51. The lowest BCUT2D eigenvalue weighted by Gasteiger charge is -2.19. The molecule has 0 radical (unpaired) electrons. The number of benzene rings is 1. The average Bonchev–Trinajstić information content (AvgIpc) is 3.08. The average molecular weight is 374 g/mol. The summed E-state index contributed by atoms with van der Waals surface area (Å²) in [6.07, 6.45) is 3.75. The van der Waals surface area contributed by atoms with Crippen LogP contribution in [0.15, 0.2) is 49.1 Å². The molecule has 1 fully saturated rings. The third-order valence-corrected chi connectivity index (χ3v) is 4.19. The van der Waals surface area contributed by atoms with Crippen LogP contribution in [0.2, 0.25) is 0 Å². The fourth-order valence-corrected chi connectivity index (χ4v) is 2.97. The summed E-state index contributed by atoms with van der Waals surface area (Å²) in [6, 6.07) is 9.56. The van der Waals surface area contributed by atoms with Crippen LogP contribution in [-0.2, 0) is 23.8 Å². The van der Waals surface area contributed by atoms with E-state index in [4.69, 9.17) is 25.7 Å². The molecule has 0 saturated carbocycles. The molecule has 1 aromatic rings. The number of nitrogens with two attached hydrogens (primary N) is 2. The normalized spacial score (nSPS) is 24.7. The van der Waals surface area contributed by atoms with Crippen molar-refractivity contribution in [1.82, 2.24) is 0 Å².